The van der Waals surface area contributed by atoms with Crippen LogP contribution in [-0.2, 0) is 25.8 Å². The van der Waals surface area contributed by atoms with Gasteiger partial charge in [0, 0.05) is 40.1 Å². The van der Waals surface area contributed by atoms with E-state index in [4.69, 9.17) is 10.2 Å². The minimum atomic E-state index is 0. The number of hydrogen-bond donors (Lipinski definition) is 2. The summed E-state index contributed by atoms with van der Waals surface area (Å²) in [6.45, 7) is 0. The first-order valence-corrected chi connectivity index (χ1v) is 0.894. The van der Waals surface area contributed by atoms with Gasteiger partial charge in [-0.15, -0.1) is 0 Å². The van der Waals surface area contributed by atoms with Crippen molar-refractivity contribution in [3.05, 3.63) is 0 Å². The van der Waals surface area contributed by atoms with E-state index in [9.17, 15) is 0 Å². The summed E-state index contributed by atoms with van der Waals surface area (Å²) in [6.07, 6.45) is 0. The summed E-state index contributed by atoms with van der Waals surface area (Å²) in [5.41, 5.74) is 0. The molecule has 7 heavy (non-hydrogen) atoms. The molecule has 0 aromatic rings. The van der Waals surface area contributed by atoms with Crippen LogP contribution in [0.3, 0.4) is 0 Å². The molecule has 0 atom stereocenters. The zero-order valence-electron chi connectivity index (χ0n) is 4.15. The predicted octanol–water partition coefficient (Wildman–Crippen LogP) is -6.78. The fourth-order valence-corrected chi connectivity index (χ4v) is 0. The SMILES string of the molecule is CO.CO.[Cl-].[Cl-].[Hf]. The maximum atomic E-state index is 7.00. The molecule has 0 saturated heterocycles. The molecule has 2 nitrogen and oxygen atoms in total. The fourth-order valence-electron chi connectivity index (χ4n) is 0. The van der Waals surface area contributed by atoms with Crippen molar-refractivity contribution in [2.24, 2.45) is 0 Å². The topological polar surface area (TPSA) is 40.5 Å². The summed E-state index contributed by atoms with van der Waals surface area (Å²) >= 11 is 0. The van der Waals surface area contributed by atoms with Crippen LogP contribution >= 0.6 is 0 Å². The summed E-state index contributed by atoms with van der Waals surface area (Å²) < 4.78 is 0. The molecule has 0 aliphatic rings. The second-order valence-corrected chi connectivity index (χ2v) is 0. The molecule has 2 N–H and O–H groups in total. The Morgan fingerprint density at radius 2 is 0.714 bits per heavy atom. The number of aliphatic hydroxyl groups is 2. The smallest absolute Gasteiger partial charge is 0.0319 e. The standard InChI is InChI=1S/2CH4O.2ClH.Hf/c2*1-2;;;/h2*2H,1H3;2*1H;/p-2. The van der Waals surface area contributed by atoms with Crippen molar-refractivity contribution >= 4 is 0 Å². The van der Waals surface area contributed by atoms with Gasteiger partial charge in [0.2, 0.25) is 0 Å². The fraction of sp³-hybridized carbons (Fsp3) is 1.00. The van der Waals surface area contributed by atoms with Crippen LogP contribution in [0.15, 0.2) is 0 Å². The zero-order valence-corrected chi connectivity index (χ0v) is 9.25. The van der Waals surface area contributed by atoms with Gasteiger partial charge in [-0.2, -0.15) is 0 Å². The Balaban J connectivity index is -0.00000000267. The van der Waals surface area contributed by atoms with E-state index < -0.39 is 0 Å². The maximum Gasteiger partial charge on any atom is 0.0319 e. The molecular weight excluding hydrogens is 305 g/mol. The minimum Gasteiger partial charge on any atom is -1.00 e. The monoisotopic (exact) mass is 314 g/mol. The van der Waals surface area contributed by atoms with Gasteiger partial charge in [-0.3, -0.25) is 0 Å². The molecule has 0 aromatic carbocycles. The number of halogens is 2. The molecular formula is C2H8Cl2HfO2-2. The predicted molar refractivity (Wildman–Crippen MR) is 16.3 cm³/mol. The van der Waals surface area contributed by atoms with Gasteiger partial charge in [-0.05, 0) is 0 Å². The van der Waals surface area contributed by atoms with Crippen LogP contribution in [0.4, 0.5) is 0 Å². The van der Waals surface area contributed by atoms with Crippen LogP contribution in [0.1, 0.15) is 0 Å². The van der Waals surface area contributed by atoms with Gasteiger partial charge in [0.15, 0.2) is 0 Å². The first-order valence-electron chi connectivity index (χ1n) is 0.894. The van der Waals surface area contributed by atoms with Crippen molar-refractivity contribution in [2.45, 2.75) is 0 Å². The average molecular weight is 313 g/mol. The molecule has 0 saturated carbocycles. The Morgan fingerprint density at radius 3 is 0.714 bits per heavy atom. The van der Waals surface area contributed by atoms with Crippen molar-refractivity contribution in [1.29, 1.82) is 0 Å². The van der Waals surface area contributed by atoms with Crippen molar-refractivity contribution in [2.75, 3.05) is 14.2 Å². The van der Waals surface area contributed by atoms with Crippen LogP contribution in [-0.4, -0.2) is 24.4 Å². The van der Waals surface area contributed by atoms with Crippen LogP contribution in [0.5, 0.6) is 0 Å². The normalized spacial score (nSPS) is 1.71. The molecule has 48 valence electrons. The molecule has 0 amide bonds. The van der Waals surface area contributed by atoms with Crippen molar-refractivity contribution in [3.63, 3.8) is 0 Å². The van der Waals surface area contributed by atoms with E-state index in [1.165, 1.54) is 0 Å². The molecule has 0 spiro atoms. The van der Waals surface area contributed by atoms with Gasteiger partial charge in [0.1, 0.15) is 0 Å². The largest absolute Gasteiger partial charge is 1.00 e. The Morgan fingerprint density at radius 1 is 0.714 bits per heavy atom. The third-order valence-electron chi connectivity index (χ3n) is 0. The third-order valence-corrected chi connectivity index (χ3v) is 0. The van der Waals surface area contributed by atoms with Crippen LogP contribution in [0.25, 0.3) is 0 Å². The molecule has 5 heteroatoms. The Kier molecular flexibility index (Phi) is 911. The molecule has 0 aliphatic heterocycles. The Hall–Kier alpha value is 1.37. The molecule has 0 aliphatic carbocycles. The molecule has 0 fully saturated rings. The van der Waals surface area contributed by atoms with E-state index in [-0.39, 0.29) is 50.7 Å². The van der Waals surface area contributed by atoms with E-state index in [0.717, 1.165) is 14.2 Å². The first-order chi connectivity index (χ1) is 2.00. The van der Waals surface area contributed by atoms with E-state index in [0.29, 0.717) is 0 Å². The van der Waals surface area contributed by atoms with Crippen molar-refractivity contribution in [3.8, 4) is 0 Å². The number of aliphatic hydroxyl groups excluding tert-OH is 2. The summed E-state index contributed by atoms with van der Waals surface area (Å²) in [5, 5.41) is 14.0. The van der Waals surface area contributed by atoms with Gasteiger partial charge < -0.3 is 35.0 Å². The molecule has 0 bridgehead atoms. The first kappa shape index (κ1) is 40.0. The van der Waals surface area contributed by atoms with Gasteiger partial charge in [0.25, 0.3) is 0 Å². The Labute approximate surface area is 74.9 Å². The van der Waals surface area contributed by atoms with E-state index >= 15 is 0 Å². The van der Waals surface area contributed by atoms with E-state index in [1.54, 1.807) is 0 Å². The summed E-state index contributed by atoms with van der Waals surface area (Å²) in [5.74, 6) is 0. The molecule has 0 heterocycles. The number of hydrogen-bond acceptors (Lipinski definition) is 2. The quantitative estimate of drug-likeness (QED) is 0.437. The van der Waals surface area contributed by atoms with E-state index in [2.05, 4.69) is 0 Å². The maximum absolute atomic E-state index is 7.00. The average Bonchev–Trinajstić information content (AvgIpc) is 1.50. The van der Waals surface area contributed by atoms with Gasteiger partial charge >= 0.3 is 0 Å². The third kappa shape index (κ3) is 113. The van der Waals surface area contributed by atoms with Crippen LogP contribution in [0.2, 0.25) is 0 Å². The van der Waals surface area contributed by atoms with E-state index in [1.807, 2.05) is 0 Å². The van der Waals surface area contributed by atoms with Gasteiger partial charge in [0.05, 0.1) is 0 Å². The summed E-state index contributed by atoms with van der Waals surface area (Å²) in [4.78, 5) is 0. The Bertz CT molecular complexity index is 13.7. The summed E-state index contributed by atoms with van der Waals surface area (Å²) in [6, 6.07) is 0. The summed E-state index contributed by atoms with van der Waals surface area (Å²) in [7, 11) is 2.00. The van der Waals surface area contributed by atoms with Gasteiger partial charge in [-0.25, -0.2) is 0 Å². The second kappa shape index (κ2) is 159. The van der Waals surface area contributed by atoms with Crippen LogP contribution < -0.4 is 24.8 Å². The zero-order chi connectivity index (χ0) is 4.00. The van der Waals surface area contributed by atoms with Crippen molar-refractivity contribution in [1.82, 2.24) is 0 Å². The molecule has 0 unspecified atom stereocenters. The molecule has 0 radical (unpaired) electrons. The minimum absolute atomic E-state index is 0. The molecule has 0 aromatic heterocycles. The molecule has 0 rings (SSSR count). The second-order valence-electron chi connectivity index (χ2n) is 0. The van der Waals surface area contributed by atoms with Crippen LogP contribution in [0, 0.1) is 0 Å². The van der Waals surface area contributed by atoms with Crippen molar-refractivity contribution < 1.29 is 60.9 Å². The van der Waals surface area contributed by atoms with Gasteiger partial charge in [-0.1, -0.05) is 0 Å². The number of rotatable bonds is 0.